The van der Waals surface area contributed by atoms with E-state index >= 15 is 0 Å². The van der Waals surface area contributed by atoms with Crippen LogP contribution < -0.4 is 5.32 Å². The molecule has 0 saturated heterocycles. The molecule has 1 atom stereocenters. The van der Waals surface area contributed by atoms with E-state index in [2.05, 4.69) is 5.32 Å². The highest BCUT2D eigenvalue weighted by Gasteiger charge is 2.22. The maximum atomic E-state index is 14.1. The van der Waals surface area contributed by atoms with Crippen molar-refractivity contribution in [3.63, 3.8) is 0 Å². The van der Waals surface area contributed by atoms with Crippen LogP contribution in [0.1, 0.15) is 29.2 Å². The average molecular weight is 306 g/mol. The first kappa shape index (κ1) is 14.0. The largest absolute Gasteiger partial charge is 0.384 e. The minimum Gasteiger partial charge on any atom is -0.384 e. The maximum Gasteiger partial charge on any atom is 0.224 e. The van der Waals surface area contributed by atoms with Gasteiger partial charge in [-0.3, -0.25) is 4.79 Å². The van der Waals surface area contributed by atoms with E-state index in [9.17, 15) is 14.3 Å². The smallest absolute Gasteiger partial charge is 0.224 e. The molecule has 1 unspecified atom stereocenters. The Labute approximate surface area is 126 Å². The Morgan fingerprint density at radius 3 is 2.76 bits per heavy atom. The molecular weight excluding hydrogens is 293 g/mol. The normalized spacial score (nSPS) is 15.3. The van der Waals surface area contributed by atoms with Crippen LogP contribution in [0.4, 0.5) is 10.1 Å². The number of aliphatic hydroxyl groups is 1. The second-order valence-electron chi connectivity index (χ2n) is 5.01. The number of nitrogens with one attached hydrogen (secondary N) is 1. The molecule has 0 bridgehead atoms. The lowest BCUT2D eigenvalue weighted by Crippen LogP contribution is -2.20. The lowest BCUT2D eigenvalue weighted by Gasteiger charge is -2.20. The third-order valence-electron chi connectivity index (χ3n) is 3.60. The van der Waals surface area contributed by atoms with Gasteiger partial charge in [-0.2, -0.15) is 0 Å². The van der Waals surface area contributed by atoms with E-state index in [1.165, 1.54) is 6.07 Å². The third-order valence-corrected chi connectivity index (χ3v) is 3.94. The molecule has 3 nitrogen and oxygen atoms in total. The number of aliphatic hydroxyl groups excluding tert-OH is 1. The van der Waals surface area contributed by atoms with Crippen molar-refractivity contribution in [2.45, 2.75) is 18.9 Å². The second kappa shape index (κ2) is 5.47. The Hall–Kier alpha value is -1.91. The molecule has 2 aromatic rings. The Morgan fingerprint density at radius 1 is 1.24 bits per heavy atom. The highest BCUT2D eigenvalue weighted by atomic mass is 35.5. The summed E-state index contributed by atoms with van der Waals surface area (Å²) in [7, 11) is 0. The Balaban J connectivity index is 2.02. The topological polar surface area (TPSA) is 49.3 Å². The first-order valence-electron chi connectivity index (χ1n) is 6.61. The van der Waals surface area contributed by atoms with Crippen LogP contribution in [-0.2, 0) is 11.2 Å². The highest BCUT2D eigenvalue weighted by molar-refractivity contribution is 6.31. The lowest BCUT2D eigenvalue weighted by atomic mass is 9.95. The molecule has 0 fully saturated rings. The summed E-state index contributed by atoms with van der Waals surface area (Å²) in [4.78, 5) is 11.3. The first-order valence-corrected chi connectivity index (χ1v) is 6.98. The second-order valence-corrected chi connectivity index (χ2v) is 5.42. The van der Waals surface area contributed by atoms with Crippen molar-refractivity contribution in [1.29, 1.82) is 0 Å². The molecule has 0 aliphatic carbocycles. The fourth-order valence-corrected chi connectivity index (χ4v) is 2.75. The number of aryl methyl sites for hydroxylation is 1. The molecule has 21 heavy (non-hydrogen) atoms. The monoisotopic (exact) mass is 305 g/mol. The predicted molar refractivity (Wildman–Crippen MR) is 78.9 cm³/mol. The number of benzene rings is 2. The van der Waals surface area contributed by atoms with Gasteiger partial charge in [0, 0.05) is 17.0 Å². The average Bonchev–Trinajstić information content (AvgIpc) is 2.47. The fourth-order valence-electron chi connectivity index (χ4n) is 2.51. The Bertz CT molecular complexity index is 717. The van der Waals surface area contributed by atoms with Crippen molar-refractivity contribution in [2.24, 2.45) is 0 Å². The van der Waals surface area contributed by atoms with Gasteiger partial charge in [-0.25, -0.2) is 4.39 Å². The van der Waals surface area contributed by atoms with Gasteiger partial charge < -0.3 is 10.4 Å². The number of hydrogen-bond donors (Lipinski definition) is 2. The van der Waals surface area contributed by atoms with Crippen molar-refractivity contribution in [2.75, 3.05) is 5.32 Å². The molecule has 0 spiro atoms. The summed E-state index contributed by atoms with van der Waals surface area (Å²) in [6.45, 7) is 0. The minimum atomic E-state index is -1.00. The van der Waals surface area contributed by atoms with E-state index in [1.807, 2.05) is 0 Å². The van der Waals surface area contributed by atoms with Gasteiger partial charge in [0.25, 0.3) is 0 Å². The van der Waals surface area contributed by atoms with E-state index in [0.29, 0.717) is 34.6 Å². The molecule has 1 amide bonds. The molecule has 5 heteroatoms. The van der Waals surface area contributed by atoms with Gasteiger partial charge in [-0.05, 0) is 29.7 Å². The van der Waals surface area contributed by atoms with E-state index in [1.54, 1.807) is 30.3 Å². The molecule has 1 aliphatic rings. The van der Waals surface area contributed by atoms with E-state index in [-0.39, 0.29) is 11.6 Å². The lowest BCUT2D eigenvalue weighted by molar-refractivity contribution is -0.116. The molecule has 1 heterocycles. The summed E-state index contributed by atoms with van der Waals surface area (Å²) in [5, 5.41) is 13.4. The van der Waals surface area contributed by atoms with Gasteiger partial charge in [-0.15, -0.1) is 0 Å². The summed E-state index contributed by atoms with van der Waals surface area (Å²) < 4.78 is 14.1. The number of carbonyl (C=O) groups is 1. The number of carbonyl (C=O) groups excluding carboxylic acids is 1. The van der Waals surface area contributed by atoms with Crippen LogP contribution in [0, 0.1) is 5.82 Å². The standard InChI is InChI=1S/C16H13ClFNO2/c17-12-4-2-1-3-11(12)16(21)10-7-9-5-6-14(20)19-15(9)13(18)8-10/h1-4,7-8,16,21H,5-6H2,(H,19,20). The van der Waals surface area contributed by atoms with Gasteiger partial charge in [0.1, 0.15) is 11.9 Å². The van der Waals surface area contributed by atoms with Crippen LogP contribution in [0.25, 0.3) is 0 Å². The quantitative estimate of drug-likeness (QED) is 0.893. The van der Waals surface area contributed by atoms with Crippen LogP contribution in [0.5, 0.6) is 0 Å². The number of hydrogen-bond acceptors (Lipinski definition) is 2. The van der Waals surface area contributed by atoms with Crippen molar-refractivity contribution in [1.82, 2.24) is 0 Å². The predicted octanol–water partition coefficient (Wildman–Crippen LogP) is 3.45. The Morgan fingerprint density at radius 2 is 2.00 bits per heavy atom. The zero-order chi connectivity index (χ0) is 15.0. The van der Waals surface area contributed by atoms with Gasteiger partial charge in [0.15, 0.2) is 0 Å². The van der Waals surface area contributed by atoms with E-state index in [4.69, 9.17) is 11.6 Å². The summed E-state index contributed by atoms with van der Waals surface area (Å²) in [5.41, 5.74) is 1.85. The third kappa shape index (κ3) is 2.64. The van der Waals surface area contributed by atoms with Crippen LogP contribution in [0.15, 0.2) is 36.4 Å². The number of anilines is 1. The molecule has 3 rings (SSSR count). The van der Waals surface area contributed by atoms with Crippen molar-refractivity contribution >= 4 is 23.2 Å². The Kier molecular flexibility index (Phi) is 3.66. The summed E-state index contributed by atoms with van der Waals surface area (Å²) in [5.74, 6) is -0.734. The number of halogens is 2. The zero-order valence-electron chi connectivity index (χ0n) is 11.1. The molecule has 0 radical (unpaired) electrons. The van der Waals surface area contributed by atoms with Gasteiger partial charge in [-0.1, -0.05) is 35.9 Å². The summed E-state index contributed by atoms with van der Waals surface area (Å²) in [6.07, 6.45) is -0.227. The van der Waals surface area contributed by atoms with Crippen molar-refractivity contribution in [3.05, 3.63) is 63.9 Å². The van der Waals surface area contributed by atoms with Gasteiger partial charge in [0.05, 0.1) is 5.69 Å². The SMILES string of the molecule is O=C1CCc2cc(C(O)c3ccccc3Cl)cc(F)c2N1. The highest BCUT2D eigenvalue weighted by Crippen LogP contribution is 2.33. The molecule has 0 aromatic heterocycles. The van der Waals surface area contributed by atoms with Crippen molar-refractivity contribution < 1.29 is 14.3 Å². The molecule has 2 aromatic carbocycles. The zero-order valence-corrected chi connectivity index (χ0v) is 11.8. The number of fused-ring (bicyclic) bond motifs is 1. The fraction of sp³-hybridized carbons (Fsp3) is 0.188. The first-order chi connectivity index (χ1) is 10.1. The molecule has 2 N–H and O–H groups in total. The number of rotatable bonds is 2. The van der Waals surface area contributed by atoms with Crippen molar-refractivity contribution in [3.8, 4) is 0 Å². The summed E-state index contributed by atoms with van der Waals surface area (Å²) >= 11 is 6.06. The van der Waals surface area contributed by atoms with Crippen LogP contribution in [0.2, 0.25) is 5.02 Å². The molecular formula is C16H13ClFNO2. The van der Waals surface area contributed by atoms with E-state index in [0.717, 1.165) is 0 Å². The summed E-state index contributed by atoms with van der Waals surface area (Å²) in [6, 6.07) is 9.85. The van der Waals surface area contributed by atoms with Crippen LogP contribution >= 0.6 is 11.6 Å². The molecule has 0 saturated carbocycles. The van der Waals surface area contributed by atoms with Crippen LogP contribution in [0.3, 0.4) is 0 Å². The number of amides is 1. The minimum absolute atomic E-state index is 0.194. The van der Waals surface area contributed by atoms with Crippen LogP contribution in [-0.4, -0.2) is 11.0 Å². The van der Waals surface area contributed by atoms with E-state index < -0.39 is 11.9 Å². The van der Waals surface area contributed by atoms with Gasteiger partial charge in [0.2, 0.25) is 5.91 Å². The molecule has 1 aliphatic heterocycles. The molecule has 108 valence electrons. The maximum absolute atomic E-state index is 14.1. The van der Waals surface area contributed by atoms with Gasteiger partial charge >= 0.3 is 0 Å².